The molecule has 13 heteroatoms. The maximum Gasteiger partial charge on any atom is 0.312 e. The molecule has 13 nitrogen and oxygen atoms in total. The summed E-state index contributed by atoms with van der Waals surface area (Å²) in [5, 5.41) is 18.1. The van der Waals surface area contributed by atoms with Gasteiger partial charge < -0.3 is 33.9 Å². The molecule has 2 bridgehead atoms. The molecular weight excluding hydrogens is 568 g/mol. The van der Waals surface area contributed by atoms with Crippen molar-refractivity contribution in [3.05, 3.63) is 0 Å². The van der Waals surface area contributed by atoms with Crippen molar-refractivity contribution in [3.63, 3.8) is 0 Å². The quantitative estimate of drug-likeness (QED) is 0.155. The van der Waals surface area contributed by atoms with Gasteiger partial charge in [0.1, 0.15) is 26.4 Å². The number of carboxylic acid groups (broad SMARTS) is 2. The number of hydrogen-bond acceptors (Lipinski definition) is 11. The minimum Gasteiger partial charge on any atom is -0.481 e. The van der Waals surface area contributed by atoms with E-state index in [4.69, 9.17) is 28.8 Å². The van der Waals surface area contributed by atoms with E-state index in [9.17, 15) is 33.9 Å². The molecule has 0 aliphatic carbocycles. The predicted octanol–water partition coefficient (Wildman–Crippen LogP) is 3.40. The number of esters is 4. The van der Waals surface area contributed by atoms with Crippen LogP contribution in [0.3, 0.4) is 0 Å². The van der Waals surface area contributed by atoms with Crippen LogP contribution in [0.15, 0.2) is 0 Å². The van der Waals surface area contributed by atoms with Crippen LogP contribution in [-0.4, -0.2) is 84.7 Å². The molecule has 0 amide bonds. The number of rotatable bonds is 15. The zero-order valence-electron chi connectivity index (χ0n) is 26.6. The lowest BCUT2D eigenvalue weighted by Gasteiger charge is -2.23. The van der Waals surface area contributed by atoms with E-state index < -0.39 is 58.1 Å². The number of carbonyl (C=O) groups excluding carboxylic acids is 4. The van der Waals surface area contributed by atoms with Crippen molar-refractivity contribution in [2.24, 2.45) is 28.1 Å². The fourth-order valence-electron chi connectivity index (χ4n) is 4.12. The Labute approximate surface area is 252 Å². The average molecular weight is 617 g/mol. The molecule has 246 valence electrons. The van der Waals surface area contributed by atoms with Crippen molar-refractivity contribution in [3.8, 4) is 0 Å². The van der Waals surface area contributed by atoms with Crippen LogP contribution in [0.2, 0.25) is 0 Å². The van der Waals surface area contributed by atoms with E-state index in [0.29, 0.717) is 25.7 Å². The SMILES string of the molecule is CCC(C)(C)C(=O)OCCOC(=O)C1C2CCC(O2)C1C(=O)O.CCC(C)(C)C(=O)OCCOC(=O)CC(C)(C)C(=O)O. The van der Waals surface area contributed by atoms with Crippen LogP contribution in [0.25, 0.3) is 0 Å². The molecule has 2 fully saturated rings. The van der Waals surface area contributed by atoms with Gasteiger partial charge >= 0.3 is 35.8 Å². The van der Waals surface area contributed by atoms with E-state index in [1.54, 1.807) is 27.7 Å². The van der Waals surface area contributed by atoms with Crippen molar-refractivity contribution < 1.29 is 62.7 Å². The van der Waals surface area contributed by atoms with Gasteiger partial charge in [0.2, 0.25) is 0 Å². The Morgan fingerprint density at radius 1 is 0.651 bits per heavy atom. The molecule has 0 saturated carbocycles. The minimum absolute atomic E-state index is 0.0263. The molecular formula is C30H48O13. The van der Waals surface area contributed by atoms with E-state index in [-0.39, 0.29) is 50.9 Å². The molecule has 2 aliphatic rings. The first-order valence-electron chi connectivity index (χ1n) is 14.6. The summed E-state index contributed by atoms with van der Waals surface area (Å²) in [6.45, 7) is 13.6. The van der Waals surface area contributed by atoms with Crippen LogP contribution < -0.4 is 0 Å². The van der Waals surface area contributed by atoms with E-state index >= 15 is 0 Å². The molecule has 0 spiro atoms. The van der Waals surface area contributed by atoms with Crippen LogP contribution >= 0.6 is 0 Å². The van der Waals surface area contributed by atoms with Crippen molar-refractivity contribution in [2.75, 3.05) is 26.4 Å². The standard InChI is InChI=1S/C16H24O7.C14H24O6/c1-4-16(2,3)15(20)22-8-7-21-14(19)12-10-6-5-9(23-10)11(12)13(17)18;1-6-13(2,3)12(18)20-8-7-19-10(15)9-14(4,5)11(16)17/h9-12H,4-8H2,1-3H3,(H,17,18);6-9H2,1-5H3,(H,16,17). The van der Waals surface area contributed by atoms with Gasteiger partial charge in [-0.25, -0.2) is 0 Å². The normalized spacial score (nSPS) is 21.2. The third-order valence-electron chi connectivity index (χ3n) is 8.01. The molecule has 2 aliphatic heterocycles. The third-order valence-corrected chi connectivity index (χ3v) is 8.01. The first-order chi connectivity index (χ1) is 19.8. The molecule has 0 aromatic heterocycles. The summed E-state index contributed by atoms with van der Waals surface area (Å²) in [5.74, 6) is -5.61. The largest absolute Gasteiger partial charge is 0.481 e. The van der Waals surface area contributed by atoms with Crippen molar-refractivity contribution in [1.82, 2.24) is 0 Å². The summed E-state index contributed by atoms with van der Waals surface area (Å²) in [6, 6.07) is 0. The second-order valence-corrected chi connectivity index (χ2v) is 12.7. The van der Waals surface area contributed by atoms with Crippen LogP contribution in [-0.2, 0) is 52.5 Å². The van der Waals surface area contributed by atoms with Gasteiger partial charge in [-0.2, -0.15) is 0 Å². The first kappa shape index (κ1) is 37.8. The molecule has 2 saturated heterocycles. The van der Waals surface area contributed by atoms with Crippen molar-refractivity contribution in [2.45, 2.75) is 99.7 Å². The van der Waals surface area contributed by atoms with Crippen molar-refractivity contribution in [1.29, 1.82) is 0 Å². The summed E-state index contributed by atoms with van der Waals surface area (Å²) >= 11 is 0. The lowest BCUT2D eigenvalue weighted by atomic mass is 9.79. The van der Waals surface area contributed by atoms with Gasteiger partial charge in [0, 0.05) is 0 Å². The number of fused-ring (bicyclic) bond motifs is 2. The van der Waals surface area contributed by atoms with Gasteiger partial charge in [0.15, 0.2) is 0 Å². The third kappa shape index (κ3) is 11.1. The van der Waals surface area contributed by atoms with Crippen LogP contribution in [0.5, 0.6) is 0 Å². The number of hydrogen-bond donors (Lipinski definition) is 2. The molecule has 0 aromatic rings. The second-order valence-electron chi connectivity index (χ2n) is 12.7. The minimum atomic E-state index is -1.17. The molecule has 0 radical (unpaired) electrons. The summed E-state index contributed by atoms with van der Waals surface area (Å²) in [4.78, 5) is 69.1. The molecule has 43 heavy (non-hydrogen) atoms. The zero-order chi connectivity index (χ0) is 33.2. The van der Waals surface area contributed by atoms with Gasteiger partial charge in [-0.1, -0.05) is 13.8 Å². The van der Waals surface area contributed by atoms with Gasteiger partial charge in [0.05, 0.1) is 46.7 Å². The van der Waals surface area contributed by atoms with Gasteiger partial charge in [-0.05, 0) is 67.2 Å². The molecule has 2 heterocycles. The van der Waals surface area contributed by atoms with Crippen LogP contribution in [0, 0.1) is 28.1 Å². The van der Waals surface area contributed by atoms with E-state index in [2.05, 4.69) is 0 Å². The fraction of sp³-hybridized carbons (Fsp3) is 0.800. The topological polar surface area (TPSA) is 189 Å². The highest BCUT2D eigenvalue weighted by molar-refractivity contribution is 5.83. The molecule has 4 atom stereocenters. The number of ether oxygens (including phenoxy) is 5. The summed E-state index contributed by atoms with van der Waals surface area (Å²) in [5.41, 5.74) is -2.30. The number of carbonyl (C=O) groups is 6. The van der Waals surface area contributed by atoms with Gasteiger partial charge in [-0.3, -0.25) is 28.8 Å². The first-order valence-corrected chi connectivity index (χ1v) is 14.6. The number of aliphatic carboxylic acids is 2. The maximum absolute atomic E-state index is 12.1. The Hall–Kier alpha value is -3.22. The highest BCUT2D eigenvalue weighted by atomic mass is 16.6. The van der Waals surface area contributed by atoms with Crippen LogP contribution in [0.1, 0.15) is 87.5 Å². The van der Waals surface area contributed by atoms with Crippen LogP contribution in [0.4, 0.5) is 0 Å². The van der Waals surface area contributed by atoms with Gasteiger partial charge in [-0.15, -0.1) is 0 Å². The van der Waals surface area contributed by atoms with Crippen molar-refractivity contribution >= 4 is 35.8 Å². The monoisotopic (exact) mass is 616 g/mol. The van der Waals surface area contributed by atoms with E-state index in [1.807, 2.05) is 13.8 Å². The molecule has 2 rings (SSSR count). The average Bonchev–Trinajstić information content (AvgIpc) is 3.55. The molecule has 2 N–H and O–H groups in total. The predicted molar refractivity (Wildman–Crippen MR) is 151 cm³/mol. The summed E-state index contributed by atoms with van der Waals surface area (Å²) in [6.07, 6.45) is 1.63. The molecule has 4 unspecified atom stereocenters. The zero-order valence-corrected chi connectivity index (χ0v) is 26.6. The molecule has 0 aromatic carbocycles. The highest BCUT2D eigenvalue weighted by Crippen LogP contribution is 2.44. The number of carboxylic acids is 2. The lowest BCUT2D eigenvalue weighted by Crippen LogP contribution is -2.39. The Kier molecular flexibility index (Phi) is 14.1. The highest BCUT2D eigenvalue weighted by Gasteiger charge is 2.56. The summed E-state index contributed by atoms with van der Waals surface area (Å²) < 4.78 is 25.5. The second kappa shape index (κ2) is 16.0. The lowest BCUT2D eigenvalue weighted by molar-refractivity contribution is -0.163. The Bertz CT molecular complexity index is 1010. The maximum atomic E-state index is 12.1. The van der Waals surface area contributed by atoms with E-state index in [0.717, 1.165) is 0 Å². The Morgan fingerprint density at radius 2 is 1.07 bits per heavy atom. The van der Waals surface area contributed by atoms with Gasteiger partial charge in [0.25, 0.3) is 0 Å². The Balaban J connectivity index is 0.000000436. The van der Waals surface area contributed by atoms with E-state index in [1.165, 1.54) is 13.8 Å². The smallest absolute Gasteiger partial charge is 0.312 e. The fourth-order valence-corrected chi connectivity index (χ4v) is 4.12. The summed E-state index contributed by atoms with van der Waals surface area (Å²) in [7, 11) is 0. The Morgan fingerprint density at radius 3 is 1.49 bits per heavy atom.